The molecule has 112 valence electrons. The van der Waals surface area contributed by atoms with Crippen molar-refractivity contribution >= 4 is 11.6 Å². The first-order valence-corrected chi connectivity index (χ1v) is 6.47. The zero-order valence-electron chi connectivity index (χ0n) is 11.4. The van der Waals surface area contributed by atoms with E-state index < -0.39 is 12.7 Å². The lowest BCUT2D eigenvalue weighted by atomic mass is 10.2. The van der Waals surface area contributed by atoms with Gasteiger partial charge in [0, 0.05) is 18.2 Å². The van der Waals surface area contributed by atoms with Gasteiger partial charge in [-0.3, -0.25) is 0 Å². The molecule has 2 N–H and O–H groups in total. The van der Waals surface area contributed by atoms with Gasteiger partial charge in [0.25, 0.3) is 0 Å². The molecule has 1 heterocycles. The molecule has 0 aliphatic carbocycles. The topological polar surface area (TPSA) is 49.8 Å². The monoisotopic (exact) mass is 296 g/mol. The highest BCUT2D eigenvalue weighted by Crippen LogP contribution is 2.21. The Hall–Kier alpha value is -2.31. The summed E-state index contributed by atoms with van der Waals surface area (Å²) in [4.78, 5) is 8.42. The number of aromatic nitrogens is 2. The van der Waals surface area contributed by atoms with E-state index in [2.05, 4.69) is 20.6 Å². The first kappa shape index (κ1) is 15.1. The Labute approximate surface area is 120 Å². The average molecular weight is 296 g/mol. The van der Waals surface area contributed by atoms with Crippen molar-refractivity contribution in [3.63, 3.8) is 0 Å². The Morgan fingerprint density at radius 1 is 1.00 bits per heavy atom. The summed E-state index contributed by atoms with van der Waals surface area (Å²) in [7, 11) is 0. The second kappa shape index (κ2) is 6.43. The van der Waals surface area contributed by atoms with E-state index in [1.165, 1.54) is 6.07 Å². The highest BCUT2D eigenvalue weighted by atomic mass is 19.4. The van der Waals surface area contributed by atoms with E-state index in [-0.39, 0.29) is 5.82 Å². The minimum atomic E-state index is -4.30. The average Bonchev–Trinajstić information content (AvgIpc) is 2.46. The van der Waals surface area contributed by atoms with Crippen molar-refractivity contribution < 1.29 is 13.2 Å². The minimum absolute atomic E-state index is 0.136. The van der Waals surface area contributed by atoms with Crippen LogP contribution in [-0.4, -0.2) is 29.2 Å². The third kappa shape index (κ3) is 4.62. The molecule has 7 heteroatoms. The van der Waals surface area contributed by atoms with Crippen LogP contribution in [0, 0.1) is 0 Å². The SMILES string of the molecule is CCNc1cc(NCC(F)(F)F)nc(-c2ccccc2)n1. The summed E-state index contributed by atoms with van der Waals surface area (Å²) in [5.74, 6) is 0.992. The molecular formula is C14H15F3N4. The first-order chi connectivity index (χ1) is 9.98. The fraction of sp³-hybridized carbons (Fsp3) is 0.286. The number of benzene rings is 1. The van der Waals surface area contributed by atoms with Crippen LogP contribution in [0.15, 0.2) is 36.4 Å². The molecular weight excluding hydrogens is 281 g/mol. The third-order valence-electron chi connectivity index (χ3n) is 2.59. The third-order valence-corrected chi connectivity index (χ3v) is 2.59. The van der Waals surface area contributed by atoms with Gasteiger partial charge in [-0.15, -0.1) is 0 Å². The molecule has 2 aromatic rings. The number of nitrogens with zero attached hydrogens (tertiary/aromatic N) is 2. The predicted octanol–water partition coefficient (Wildman–Crippen LogP) is 3.55. The second-order valence-corrected chi connectivity index (χ2v) is 4.33. The summed E-state index contributed by atoms with van der Waals surface area (Å²) < 4.78 is 36.9. The number of anilines is 2. The van der Waals surface area contributed by atoms with Crippen molar-refractivity contribution in [1.82, 2.24) is 9.97 Å². The molecule has 1 aromatic carbocycles. The van der Waals surface area contributed by atoms with E-state index >= 15 is 0 Å². The number of rotatable bonds is 5. The molecule has 0 unspecified atom stereocenters. The summed E-state index contributed by atoms with van der Waals surface area (Å²) in [6, 6.07) is 10.6. The fourth-order valence-electron chi connectivity index (χ4n) is 1.72. The Bertz CT molecular complexity index is 585. The van der Waals surface area contributed by atoms with Gasteiger partial charge in [0.1, 0.15) is 18.2 Å². The van der Waals surface area contributed by atoms with Crippen LogP contribution in [0.1, 0.15) is 6.92 Å². The molecule has 0 saturated carbocycles. The predicted molar refractivity (Wildman–Crippen MR) is 76.2 cm³/mol. The van der Waals surface area contributed by atoms with Crippen LogP contribution in [0.5, 0.6) is 0 Å². The maximum absolute atomic E-state index is 12.3. The molecule has 0 amide bonds. The number of nitrogens with one attached hydrogen (secondary N) is 2. The number of hydrogen-bond donors (Lipinski definition) is 2. The van der Waals surface area contributed by atoms with Crippen molar-refractivity contribution in [3.05, 3.63) is 36.4 Å². The molecule has 0 aliphatic heterocycles. The van der Waals surface area contributed by atoms with Crippen molar-refractivity contribution in [2.24, 2.45) is 0 Å². The molecule has 0 radical (unpaired) electrons. The van der Waals surface area contributed by atoms with Gasteiger partial charge in [-0.1, -0.05) is 30.3 Å². The van der Waals surface area contributed by atoms with Gasteiger partial charge in [0.15, 0.2) is 5.82 Å². The maximum Gasteiger partial charge on any atom is 0.405 e. The van der Waals surface area contributed by atoms with Crippen LogP contribution < -0.4 is 10.6 Å². The van der Waals surface area contributed by atoms with Crippen LogP contribution in [0.3, 0.4) is 0 Å². The lowest BCUT2D eigenvalue weighted by Crippen LogP contribution is -2.22. The Kier molecular flexibility index (Phi) is 4.62. The Morgan fingerprint density at radius 3 is 2.19 bits per heavy atom. The molecule has 0 aliphatic rings. The fourth-order valence-corrected chi connectivity index (χ4v) is 1.72. The molecule has 2 rings (SSSR count). The van der Waals surface area contributed by atoms with Gasteiger partial charge >= 0.3 is 6.18 Å². The summed E-state index contributed by atoms with van der Waals surface area (Å²) in [5.41, 5.74) is 0.743. The molecule has 0 fully saturated rings. The van der Waals surface area contributed by atoms with Crippen LogP contribution >= 0.6 is 0 Å². The van der Waals surface area contributed by atoms with Crippen molar-refractivity contribution in [2.75, 3.05) is 23.7 Å². The molecule has 1 aromatic heterocycles. The van der Waals surface area contributed by atoms with E-state index in [1.807, 2.05) is 25.1 Å². The second-order valence-electron chi connectivity index (χ2n) is 4.33. The van der Waals surface area contributed by atoms with Gasteiger partial charge in [0.05, 0.1) is 0 Å². The molecule has 0 saturated heterocycles. The zero-order chi connectivity index (χ0) is 15.3. The van der Waals surface area contributed by atoms with Crippen molar-refractivity contribution in [1.29, 1.82) is 0 Å². The Balaban J connectivity index is 2.30. The zero-order valence-corrected chi connectivity index (χ0v) is 11.4. The summed E-state index contributed by atoms with van der Waals surface area (Å²) in [6.07, 6.45) is -4.30. The van der Waals surface area contributed by atoms with Gasteiger partial charge < -0.3 is 10.6 Å². The van der Waals surface area contributed by atoms with Crippen LogP contribution in [0.25, 0.3) is 11.4 Å². The molecule has 0 bridgehead atoms. The first-order valence-electron chi connectivity index (χ1n) is 6.47. The summed E-state index contributed by atoms with van der Waals surface area (Å²) in [6.45, 7) is 1.36. The van der Waals surface area contributed by atoms with Gasteiger partial charge in [-0.05, 0) is 6.92 Å². The highest BCUT2D eigenvalue weighted by molar-refractivity contribution is 5.61. The van der Waals surface area contributed by atoms with E-state index in [4.69, 9.17) is 0 Å². The van der Waals surface area contributed by atoms with E-state index in [1.54, 1.807) is 12.1 Å². The van der Waals surface area contributed by atoms with Crippen LogP contribution in [0.4, 0.5) is 24.8 Å². The lowest BCUT2D eigenvalue weighted by molar-refractivity contribution is -0.115. The van der Waals surface area contributed by atoms with E-state index in [9.17, 15) is 13.2 Å². The molecule has 21 heavy (non-hydrogen) atoms. The van der Waals surface area contributed by atoms with Crippen LogP contribution in [-0.2, 0) is 0 Å². The lowest BCUT2D eigenvalue weighted by Gasteiger charge is -2.12. The van der Waals surface area contributed by atoms with E-state index in [0.29, 0.717) is 18.2 Å². The number of alkyl halides is 3. The van der Waals surface area contributed by atoms with Crippen molar-refractivity contribution in [2.45, 2.75) is 13.1 Å². The highest BCUT2D eigenvalue weighted by Gasteiger charge is 2.27. The van der Waals surface area contributed by atoms with Gasteiger partial charge in [-0.25, -0.2) is 9.97 Å². The van der Waals surface area contributed by atoms with Crippen molar-refractivity contribution in [3.8, 4) is 11.4 Å². The van der Waals surface area contributed by atoms with Gasteiger partial charge in [-0.2, -0.15) is 13.2 Å². The smallest absolute Gasteiger partial charge is 0.370 e. The quantitative estimate of drug-likeness (QED) is 0.886. The van der Waals surface area contributed by atoms with Crippen LogP contribution in [0.2, 0.25) is 0 Å². The maximum atomic E-state index is 12.3. The molecule has 0 spiro atoms. The minimum Gasteiger partial charge on any atom is -0.370 e. The summed E-state index contributed by atoms with van der Waals surface area (Å²) in [5, 5.41) is 5.26. The number of hydrogen-bond acceptors (Lipinski definition) is 4. The largest absolute Gasteiger partial charge is 0.405 e. The normalized spacial score (nSPS) is 11.2. The van der Waals surface area contributed by atoms with E-state index in [0.717, 1.165) is 5.56 Å². The van der Waals surface area contributed by atoms with Gasteiger partial charge in [0.2, 0.25) is 0 Å². The summed E-state index contributed by atoms with van der Waals surface area (Å²) >= 11 is 0. The number of halogens is 3. The Morgan fingerprint density at radius 2 is 1.62 bits per heavy atom. The standard InChI is InChI=1S/C14H15F3N4/c1-2-18-11-8-12(19-9-14(15,16)17)21-13(20-11)10-6-4-3-5-7-10/h3-8H,2,9H2,1H3,(H2,18,19,20,21). The molecule has 0 atom stereocenters. The molecule has 4 nitrogen and oxygen atoms in total.